The van der Waals surface area contributed by atoms with E-state index in [-0.39, 0.29) is 48.0 Å². The fraction of sp³-hybridized carbons (Fsp3) is 0.697. The van der Waals surface area contributed by atoms with Gasteiger partial charge in [0.25, 0.3) is 0 Å². The van der Waals surface area contributed by atoms with Crippen LogP contribution in [0.25, 0.3) is 0 Å². The van der Waals surface area contributed by atoms with Crippen LogP contribution in [-0.4, -0.2) is 69.0 Å². The molecule has 7 N–H and O–H groups in total. The van der Waals surface area contributed by atoms with Crippen LogP contribution in [0.15, 0.2) is 48.6 Å². The van der Waals surface area contributed by atoms with E-state index in [9.17, 15) is 30.0 Å². The molecule has 1 fully saturated rings. The maximum absolute atomic E-state index is 12.0. The van der Waals surface area contributed by atoms with Gasteiger partial charge in [-0.2, -0.15) is 0 Å². The molecule has 0 aromatic heterocycles. The molecule has 1 aliphatic rings. The van der Waals surface area contributed by atoms with Gasteiger partial charge in [-0.3, -0.25) is 4.79 Å². The number of allylic oxidation sites excluding steroid dienone is 3. The summed E-state index contributed by atoms with van der Waals surface area (Å²) in [4.78, 5) is 23.6. The summed E-state index contributed by atoms with van der Waals surface area (Å²) in [7, 11) is 0. The fourth-order valence-electron chi connectivity index (χ4n) is 5.91. The van der Waals surface area contributed by atoms with E-state index in [0.29, 0.717) is 6.42 Å². The third-order valence-corrected chi connectivity index (χ3v) is 8.77. The Bertz CT molecular complexity index is 964. The molecule has 0 spiro atoms. The van der Waals surface area contributed by atoms with Gasteiger partial charge in [-0.15, -0.1) is 0 Å². The van der Waals surface area contributed by atoms with Crippen LogP contribution in [-0.2, 0) is 9.53 Å². The number of nitrogens with two attached hydrogens (primary N) is 1. The van der Waals surface area contributed by atoms with Crippen LogP contribution in [0.2, 0.25) is 0 Å². The van der Waals surface area contributed by atoms with Gasteiger partial charge in [-0.25, -0.2) is 4.79 Å². The van der Waals surface area contributed by atoms with Gasteiger partial charge in [0.2, 0.25) is 0 Å². The van der Waals surface area contributed by atoms with Crippen LogP contribution in [0.4, 0.5) is 4.79 Å². The number of aliphatic hydroxyl groups excluding tert-OH is 4. The van der Waals surface area contributed by atoms with Crippen LogP contribution in [0.3, 0.4) is 0 Å². The lowest BCUT2D eigenvalue weighted by atomic mass is 9.80. The molecule has 0 aliphatic carbocycles. The van der Waals surface area contributed by atoms with Crippen molar-refractivity contribution in [2.75, 3.05) is 0 Å². The Morgan fingerprint density at radius 1 is 1.02 bits per heavy atom. The highest BCUT2D eigenvalue weighted by atomic mass is 16.5. The van der Waals surface area contributed by atoms with E-state index in [2.05, 4.69) is 11.9 Å². The third-order valence-electron chi connectivity index (χ3n) is 8.77. The molecule has 42 heavy (non-hydrogen) atoms. The zero-order valence-electron chi connectivity index (χ0n) is 26.7. The minimum absolute atomic E-state index is 0.0661. The highest BCUT2D eigenvalue weighted by Gasteiger charge is 2.40. The first-order valence-corrected chi connectivity index (χ1v) is 15.1. The normalized spacial score (nSPS) is 28.3. The van der Waals surface area contributed by atoms with Gasteiger partial charge in [0.05, 0.1) is 30.3 Å². The maximum atomic E-state index is 12.0. The number of nitrogens with one attached hydrogen (secondary N) is 1. The van der Waals surface area contributed by atoms with Crippen LogP contribution in [0.1, 0.15) is 68.2 Å². The second kappa shape index (κ2) is 17.6. The van der Waals surface area contributed by atoms with E-state index < -0.39 is 48.4 Å². The molecule has 1 rings (SSSR count). The number of rotatable bonds is 16. The van der Waals surface area contributed by atoms with Gasteiger partial charge < -0.3 is 36.2 Å². The zero-order chi connectivity index (χ0) is 32.3. The average molecular weight is 593 g/mol. The number of amides is 2. The first-order valence-electron chi connectivity index (χ1n) is 15.1. The Balaban J connectivity index is 2.76. The van der Waals surface area contributed by atoms with E-state index >= 15 is 0 Å². The molecular weight excluding hydrogens is 536 g/mol. The topological polar surface area (TPSA) is 162 Å². The van der Waals surface area contributed by atoms with Crippen molar-refractivity contribution >= 4 is 12.0 Å². The Morgan fingerprint density at radius 2 is 1.64 bits per heavy atom. The van der Waals surface area contributed by atoms with Gasteiger partial charge in [0.1, 0.15) is 6.10 Å². The summed E-state index contributed by atoms with van der Waals surface area (Å²) < 4.78 is 5.41. The Hall–Kier alpha value is -2.46. The number of carbonyl (C=O) groups excluding carboxylic acids is 2. The smallest absolute Gasteiger partial charge is 0.312 e. The van der Waals surface area contributed by atoms with Crippen molar-refractivity contribution in [1.82, 2.24) is 5.32 Å². The van der Waals surface area contributed by atoms with Crippen LogP contribution in [0.5, 0.6) is 0 Å². The van der Waals surface area contributed by atoms with Crippen LogP contribution in [0, 0.1) is 41.4 Å². The van der Waals surface area contributed by atoms with Crippen molar-refractivity contribution in [3.8, 4) is 0 Å². The Labute approximate surface area is 252 Å². The number of primary amides is 1. The summed E-state index contributed by atoms with van der Waals surface area (Å²) in [5, 5.41) is 45.6. The molecule has 13 atom stereocenters. The number of hydrogen-bond acceptors (Lipinski definition) is 7. The highest BCUT2D eigenvalue weighted by molar-refractivity contribution is 5.74. The molecule has 9 heteroatoms. The number of hydrogen-bond donors (Lipinski definition) is 6. The lowest BCUT2D eigenvalue weighted by Gasteiger charge is -2.36. The predicted octanol–water partition coefficient (Wildman–Crippen LogP) is 3.87. The Morgan fingerprint density at radius 3 is 2.21 bits per heavy atom. The van der Waals surface area contributed by atoms with Gasteiger partial charge >= 0.3 is 12.0 Å². The van der Waals surface area contributed by atoms with Crippen LogP contribution < -0.4 is 11.1 Å². The van der Waals surface area contributed by atoms with Crippen molar-refractivity contribution in [1.29, 1.82) is 0 Å². The van der Waals surface area contributed by atoms with Gasteiger partial charge in [-0.05, 0) is 32.1 Å². The van der Waals surface area contributed by atoms with E-state index in [1.165, 1.54) is 0 Å². The van der Waals surface area contributed by atoms with E-state index in [4.69, 9.17) is 10.5 Å². The lowest BCUT2D eigenvalue weighted by Crippen LogP contribution is -2.50. The van der Waals surface area contributed by atoms with Gasteiger partial charge in [-0.1, -0.05) is 90.2 Å². The maximum Gasteiger partial charge on any atom is 0.312 e. The molecule has 9 nitrogen and oxygen atoms in total. The molecule has 0 unspecified atom stereocenters. The molecule has 0 bridgehead atoms. The zero-order valence-corrected chi connectivity index (χ0v) is 26.7. The largest absolute Gasteiger partial charge is 0.462 e. The Kier molecular flexibility index (Phi) is 15.7. The van der Waals surface area contributed by atoms with Crippen molar-refractivity contribution in [2.45, 2.75) is 105 Å². The molecule has 1 saturated heterocycles. The third kappa shape index (κ3) is 11.3. The summed E-state index contributed by atoms with van der Waals surface area (Å²) >= 11 is 0. The minimum Gasteiger partial charge on any atom is -0.462 e. The second-order valence-corrected chi connectivity index (χ2v) is 12.6. The quantitative estimate of drug-likeness (QED) is 0.0900. The number of carbonyl (C=O) groups is 2. The molecule has 0 radical (unpaired) electrons. The van der Waals surface area contributed by atoms with E-state index in [1.807, 2.05) is 53.7 Å². The SMILES string of the molecule is C=C/C=C\[C@H](C)[C@H](NC(N)=O)[C@@H](C)[C@H](O)[C@@H](C)C/C(C)=C\[C@H](C)[C@@H](O)[C@@H](C)/C=C\[C@@H](O)C[C@@H]1OC(=O)[C@H](C)[C@@H](O)[C@H]1C. The molecule has 2 amide bonds. The lowest BCUT2D eigenvalue weighted by molar-refractivity contribution is -0.179. The number of cyclic esters (lactones) is 1. The van der Waals surface area contributed by atoms with Crippen molar-refractivity contribution in [3.05, 3.63) is 48.6 Å². The monoisotopic (exact) mass is 592 g/mol. The molecule has 0 saturated carbocycles. The number of urea groups is 1. The van der Waals surface area contributed by atoms with Gasteiger partial charge in [0, 0.05) is 36.1 Å². The standard InChI is InChI=1S/C33H56N2O7/c1-10-11-12-19(3)28(35-33(34)41)24(8)30(38)22(6)16-18(2)15-21(5)29(37)20(4)13-14-26(36)17-27-23(7)31(39)25(9)32(40)42-27/h10-15,19-31,36-39H,1,16-17H2,2-9H3,(H3,34,35,41)/b12-11-,14-13-,18-15-/t19-,20-,21-,22-,23-,24+,25+,26+,27-,28-,29-,30+,31-/m0/s1. The first kappa shape index (κ1) is 37.6. The second-order valence-electron chi connectivity index (χ2n) is 12.6. The molecule has 0 aromatic rings. The van der Waals surface area contributed by atoms with Crippen LogP contribution >= 0.6 is 0 Å². The fourth-order valence-corrected chi connectivity index (χ4v) is 5.91. The summed E-state index contributed by atoms with van der Waals surface area (Å²) in [5.41, 5.74) is 6.43. The van der Waals surface area contributed by atoms with Crippen molar-refractivity contribution in [3.63, 3.8) is 0 Å². The minimum atomic E-state index is -0.889. The summed E-state index contributed by atoms with van der Waals surface area (Å²) in [6, 6.07) is -0.994. The molecule has 1 aliphatic heterocycles. The van der Waals surface area contributed by atoms with Crippen molar-refractivity contribution in [2.24, 2.45) is 47.2 Å². The molecular formula is C33H56N2O7. The average Bonchev–Trinajstić information content (AvgIpc) is 2.93. The van der Waals surface area contributed by atoms with E-state index in [0.717, 1.165) is 5.57 Å². The van der Waals surface area contributed by atoms with E-state index in [1.54, 1.807) is 38.2 Å². The summed E-state index contributed by atoms with van der Waals surface area (Å²) in [6.07, 6.45) is 7.81. The predicted molar refractivity (Wildman–Crippen MR) is 166 cm³/mol. The number of esters is 1. The van der Waals surface area contributed by atoms with Crippen molar-refractivity contribution < 1.29 is 34.8 Å². The highest BCUT2D eigenvalue weighted by Crippen LogP contribution is 2.30. The van der Waals surface area contributed by atoms with Gasteiger partial charge in [0.15, 0.2) is 0 Å². The molecule has 0 aromatic carbocycles. The summed E-state index contributed by atoms with van der Waals surface area (Å²) in [5.74, 6) is -2.23. The number of ether oxygens (including phenoxy) is 1. The summed E-state index contributed by atoms with van der Waals surface area (Å²) in [6.45, 7) is 18.7. The first-order chi connectivity index (χ1) is 19.5. The number of aliphatic hydroxyl groups is 4. The molecule has 1 heterocycles. The molecule has 240 valence electrons.